The van der Waals surface area contributed by atoms with Crippen molar-refractivity contribution in [2.24, 2.45) is 0 Å². The Balaban J connectivity index is 2.08. The second-order valence-electron chi connectivity index (χ2n) is 4.61. The predicted octanol–water partition coefficient (Wildman–Crippen LogP) is 3.36. The molecule has 2 N–H and O–H groups in total. The molecule has 2 rings (SSSR count). The van der Waals surface area contributed by atoms with Crippen molar-refractivity contribution >= 4 is 23.3 Å². The normalized spacial score (nSPS) is 11.9. The number of hydrogen-bond acceptors (Lipinski definition) is 2. The van der Waals surface area contributed by atoms with Crippen molar-refractivity contribution < 1.29 is 9.59 Å². The Morgan fingerprint density at radius 3 is 2.65 bits per heavy atom. The number of benzene rings is 1. The molecule has 1 amide bonds. The first kappa shape index (κ1) is 14.3. The summed E-state index contributed by atoms with van der Waals surface area (Å²) in [5.41, 5.74) is 1.78. The van der Waals surface area contributed by atoms with Crippen LogP contribution in [0.15, 0.2) is 36.5 Å². The molecule has 4 nitrogen and oxygen atoms in total. The number of carbonyl (C=O) groups is 2. The largest absolute Gasteiger partial charge is 0.356 e. The van der Waals surface area contributed by atoms with Crippen LogP contribution in [0.25, 0.3) is 0 Å². The van der Waals surface area contributed by atoms with Gasteiger partial charge in [-0.05, 0) is 37.6 Å². The van der Waals surface area contributed by atoms with Gasteiger partial charge in [-0.2, -0.15) is 0 Å². The van der Waals surface area contributed by atoms with Crippen LogP contribution in [0, 0.1) is 0 Å². The number of carbonyl (C=O) groups excluding carboxylic acids is 2. The lowest BCUT2D eigenvalue weighted by Gasteiger charge is -2.13. The molecule has 0 radical (unpaired) electrons. The average Bonchev–Trinajstić information content (AvgIpc) is 2.88. The second-order valence-corrected chi connectivity index (χ2v) is 5.04. The Bertz CT molecular complexity index is 649. The molecule has 1 aromatic carbocycles. The molecule has 1 aromatic heterocycles. The van der Waals surface area contributed by atoms with Crippen LogP contribution in [-0.2, 0) is 0 Å². The van der Waals surface area contributed by atoms with E-state index in [2.05, 4.69) is 10.3 Å². The summed E-state index contributed by atoms with van der Waals surface area (Å²) in [7, 11) is 0. The summed E-state index contributed by atoms with van der Waals surface area (Å²) in [6.07, 6.45) is 1.53. The molecule has 0 aliphatic rings. The van der Waals surface area contributed by atoms with Gasteiger partial charge in [0, 0.05) is 16.8 Å². The molecule has 0 saturated heterocycles. The van der Waals surface area contributed by atoms with Crippen LogP contribution in [0.5, 0.6) is 0 Å². The first-order valence-corrected chi connectivity index (χ1v) is 6.61. The van der Waals surface area contributed by atoms with Crippen molar-refractivity contribution in [3.8, 4) is 0 Å². The molecule has 0 aliphatic heterocycles. The minimum atomic E-state index is -0.259. The summed E-state index contributed by atoms with van der Waals surface area (Å²) >= 11 is 5.92. The molecule has 0 aliphatic carbocycles. The number of aromatic amines is 1. The van der Waals surface area contributed by atoms with Gasteiger partial charge in [-0.15, -0.1) is 0 Å². The number of Topliss-reactive ketones (excluding diaryl/α,β-unsaturated/α-hetero) is 1. The van der Waals surface area contributed by atoms with E-state index in [1.807, 2.05) is 25.1 Å². The highest BCUT2D eigenvalue weighted by molar-refractivity contribution is 6.30. The van der Waals surface area contributed by atoms with Gasteiger partial charge in [0.25, 0.3) is 5.91 Å². The average molecular weight is 291 g/mol. The van der Waals surface area contributed by atoms with Gasteiger partial charge in [-0.25, -0.2) is 0 Å². The minimum Gasteiger partial charge on any atom is -0.356 e. The van der Waals surface area contributed by atoms with Crippen molar-refractivity contribution in [2.45, 2.75) is 19.9 Å². The van der Waals surface area contributed by atoms with Crippen molar-refractivity contribution in [2.75, 3.05) is 0 Å². The third-order valence-corrected chi connectivity index (χ3v) is 3.27. The molecule has 1 atom stereocenters. The predicted molar refractivity (Wildman–Crippen MR) is 78.1 cm³/mol. The molecular weight excluding hydrogens is 276 g/mol. The Kier molecular flexibility index (Phi) is 4.25. The monoisotopic (exact) mass is 290 g/mol. The van der Waals surface area contributed by atoms with Gasteiger partial charge in [0.1, 0.15) is 5.69 Å². The van der Waals surface area contributed by atoms with Gasteiger partial charge in [0.05, 0.1) is 6.04 Å². The number of ketones is 1. The molecule has 0 spiro atoms. The number of H-pyrrole nitrogens is 1. The molecule has 5 heteroatoms. The zero-order chi connectivity index (χ0) is 14.7. The fourth-order valence-electron chi connectivity index (χ4n) is 1.86. The molecule has 1 heterocycles. The van der Waals surface area contributed by atoms with Crippen LogP contribution in [-0.4, -0.2) is 16.7 Å². The topological polar surface area (TPSA) is 62.0 Å². The Morgan fingerprint density at radius 1 is 1.30 bits per heavy atom. The number of halogens is 1. The summed E-state index contributed by atoms with van der Waals surface area (Å²) < 4.78 is 0. The molecule has 1 unspecified atom stereocenters. The molecule has 20 heavy (non-hydrogen) atoms. The number of rotatable bonds is 4. The van der Waals surface area contributed by atoms with E-state index in [0.29, 0.717) is 16.3 Å². The van der Waals surface area contributed by atoms with Gasteiger partial charge in [0.15, 0.2) is 5.78 Å². The molecular formula is C15H15ClN2O2. The van der Waals surface area contributed by atoms with Gasteiger partial charge < -0.3 is 10.3 Å². The first-order valence-electron chi connectivity index (χ1n) is 6.23. The summed E-state index contributed by atoms with van der Waals surface area (Å²) in [6.45, 7) is 3.33. The van der Waals surface area contributed by atoms with Crippen molar-refractivity contribution in [3.05, 3.63) is 58.4 Å². The van der Waals surface area contributed by atoms with Crippen LogP contribution < -0.4 is 5.32 Å². The summed E-state index contributed by atoms with van der Waals surface area (Å²) in [6, 6.07) is 8.69. The third-order valence-electron chi connectivity index (χ3n) is 3.03. The highest BCUT2D eigenvalue weighted by atomic mass is 35.5. The zero-order valence-electron chi connectivity index (χ0n) is 11.2. The number of nitrogens with one attached hydrogen (secondary N) is 2. The summed E-state index contributed by atoms with van der Waals surface area (Å²) in [5, 5.41) is 3.48. The van der Waals surface area contributed by atoms with Crippen molar-refractivity contribution in [1.29, 1.82) is 0 Å². The minimum absolute atomic E-state index is 0.0804. The second kappa shape index (κ2) is 5.92. The number of amides is 1. The smallest absolute Gasteiger partial charge is 0.268 e. The maximum atomic E-state index is 12.1. The van der Waals surface area contributed by atoms with E-state index in [0.717, 1.165) is 5.56 Å². The highest BCUT2D eigenvalue weighted by Gasteiger charge is 2.14. The summed E-state index contributed by atoms with van der Waals surface area (Å²) in [5.74, 6) is -0.340. The molecule has 104 valence electrons. The fourth-order valence-corrected chi connectivity index (χ4v) is 2.06. The van der Waals surface area contributed by atoms with Crippen molar-refractivity contribution in [3.63, 3.8) is 0 Å². The maximum Gasteiger partial charge on any atom is 0.268 e. The lowest BCUT2D eigenvalue weighted by atomic mass is 10.1. The Morgan fingerprint density at radius 2 is 2.05 bits per heavy atom. The Hall–Kier alpha value is -2.07. The van der Waals surface area contributed by atoms with E-state index in [-0.39, 0.29) is 17.7 Å². The number of hydrogen-bond donors (Lipinski definition) is 2. The zero-order valence-corrected chi connectivity index (χ0v) is 12.0. The Labute approximate surface area is 122 Å². The van der Waals surface area contributed by atoms with Gasteiger partial charge in [-0.3, -0.25) is 9.59 Å². The van der Waals surface area contributed by atoms with Crippen LogP contribution in [0.2, 0.25) is 5.02 Å². The third kappa shape index (κ3) is 3.27. The van der Waals surface area contributed by atoms with E-state index in [1.54, 1.807) is 12.1 Å². The first-order chi connectivity index (χ1) is 9.47. The van der Waals surface area contributed by atoms with Crippen molar-refractivity contribution in [1.82, 2.24) is 10.3 Å². The molecule has 0 bridgehead atoms. The molecule has 0 saturated carbocycles. The van der Waals surface area contributed by atoms with Gasteiger partial charge >= 0.3 is 0 Å². The SMILES string of the molecule is CC(=O)c1c[nH]c(C(=O)NC(C)c2cccc(Cl)c2)c1. The lowest BCUT2D eigenvalue weighted by Crippen LogP contribution is -2.26. The van der Waals surface area contributed by atoms with E-state index < -0.39 is 0 Å². The van der Waals surface area contributed by atoms with Crippen LogP contribution >= 0.6 is 11.6 Å². The van der Waals surface area contributed by atoms with E-state index in [4.69, 9.17) is 11.6 Å². The van der Waals surface area contributed by atoms with Gasteiger partial charge in [-0.1, -0.05) is 23.7 Å². The van der Waals surface area contributed by atoms with Crippen LogP contribution in [0.4, 0.5) is 0 Å². The van der Waals surface area contributed by atoms with Crippen LogP contribution in [0.3, 0.4) is 0 Å². The van der Waals surface area contributed by atoms with Crippen LogP contribution in [0.1, 0.15) is 46.3 Å². The van der Waals surface area contributed by atoms with Gasteiger partial charge in [0.2, 0.25) is 0 Å². The highest BCUT2D eigenvalue weighted by Crippen LogP contribution is 2.17. The summed E-state index contributed by atoms with van der Waals surface area (Å²) in [4.78, 5) is 26.1. The lowest BCUT2D eigenvalue weighted by molar-refractivity contribution is 0.0935. The van der Waals surface area contributed by atoms with E-state index in [9.17, 15) is 9.59 Å². The molecule has 0 fully saturated rings. The fraction of sp³-hybridized carbons (Fsp3) is 0.200. The standard InChI is InChI=1S/C15H15ClN2O2/c1-9(11-4-3-5-13(16)6-11)18-15(20)14-7-12(8-17-14)10(2)19/h3-9,17H,1-2H3,(H,18,20). The van der Waals surface area contributed by atoms with E-state index in [1.165, 1.54) is 13.1 Å². The van der Waals surface area contributed by atoms with E-state index >= 15 is 0 Å². The number of aromatic nitrogens is 1. The maximum absolute atomic E-state index is 12.1. The molecule has 2 aromatic rings. The quantitative estimate of drug-likeness (QED) is 0.848.